The maximum atomic E-state index is 11.0. The molecule has 2 aromatic heterocycles. The Morgan fingerprint density at radius 2 is 1.55 bits per heavy atom. The first-order valence-corrected chi connectivity index (χ1v) is 12.7. The Kier molecular flexibility index (Phi) is 16.3. The highest BCUT2D eigenvalue weighted by molar-refractivity contribution is 6.29. The van der Waals surface area contributed by atoms with E-state index >= 15 is 0 Å². The van der Waals surface area contributed by atoms with Crippen LogP contribution in [0.2, 0.25) is 10.3 Å². The molecule has 2 rings (SSSR count). The summed E-state index contributed by atoms with van der Waals surface area (Å²) in [6.45, 7) is 4.40. The highest BCUT2D eigenvalue weighted by atomic mass is 35.5. The van der Waals surface area contributed by atoms with E-state index in [1.807, 2.05) is 18.2 Å². The fourth-order valence-corrected chi connectivity index (χ4v) is 3.66. The van der Waals surface area contributed by atoms with E-state index < -0.39 is 0 Å². The van der Waals surface area contributed by atoms with E-state index in [0.717, 1.165) is 36.7 Å². The van der Waals surface area contributed by atoms with Crippen LogP contribution in [0.15, 0.2) is 42.9 Å². The zero-order valence-electron chi connectivity index (χ0n) is 20.2. The normalized spacial score (nSPS) is 12.0. The average molecular weight is 494 g/mol. The number of hydrogen-bond acceptors (Lipinski definition) is 4. The highest BCUT2D eigenvalue weighted by Crippen LogP contribution is 2.22. The first-order chi connectivity index (χ1) is 16.0. The Morgan fingerprint density at radius 1 is 0.909 bits per heavy atom. The Balaban J connectivity index is 0.000000331. The molecule has 0 N–H and O–H groups in total. The van der Waals surface area contributed by atoms with E-state index in [1.54, 1.807) is 31.8 Å². The molecule has 0 aliphatic heterocycles. The summed E-state index contributed by atoms with van der Waals surface area (Å²) < 4.78 is 5.12. The van der Waals surface area contributed by atoms with Crippen LogP contribution in [0, 0.1) is 0 Å². The number of ether oxygens (including phenoxy) is 1. The van der Waals surface area contributed by atoms with Gasteiger partial charge in [0.1, 0.15) is 16.6 Å². The molecule has 182 valence electrons. The minimum Gasteiger partial charge on any atom is -0.504 e. The molecule has 0 saturated carbocycles. The van der Waals surface area contributed by atoms with E-state index in [0.29, 0.717) is 10.3 Å². The summed E-state index contributed by atoms with van der Waals surface area (Å²) >= 11 is 11.5. The lowest BCUT2D eigenvalue weighted by Gasteiger charge is -2.09. The van der Waals surface area contributed by atoms with Crippen LogP contribution in [0.25, 0.3) is 5.57 Å². The first kappa shape index (κ1) is 29.1. The number of rotatable bonds is 14. The average Bonchev–Trinajstić information content (AvgIpc) is 2.83. The summed E-state index contributed by atoms with van der Waals surface area (Å²) in [6.07, 6.45) is 18.0. The second-order valence-electron chi connectivity index (χ2n) is 8.07. The number of carbonyl (C=O) groups is 1. The van der Waals surface area contributed by atoms with E-state index in [4.69, 9.17) is 27.9 Å². The fourth-order valence-electron chi connectivity index (χ4n) is 3.43. The van der Waals surface area contributed by atoms with Crippen LogP contribution in [0.1, 0.15) is 95.1 Å². The monoisotopic (exact) mass is 492 g/mol. The van der Waals surface area contributed by atoms with Crippen LogP contribution in [0.3, 0.4) is 0 Å². The molecule has 33 heavy (non-hydrogen) atoms. The molecule has 0 bridgehead atoms. The number of unbranched alkanes of at least 4 members (excludes halogenated alkanes) is 6. The smallest absolute Gasteiger partial charge is 0.129 e. The highest BCUT2D eigenvalue weighted by Gasteiger charge is 2.10. The van der Waals surface area contributed by atoms with E-state index in [2.05, 4.69) is 23.8 Å². The summed E-state index contributed by atoms with van der Waals surface area (Å²) in [5.41, 5.74) is 3.25. The molecule has 4 nitrogen and oxygen atoms in total. The van der Waals surface area contributed by atoms with Gasteiger partial charge in [-0.1, -0.05) is 88.1 Å². The molecule has 0 fully saturated rings. The molecule has 2 aromatic rings. The van der Waals surface area contributed by atoms with E-state index in [1.165, 1.54) is 50.5 Å². The molecule has 6 heteroatoms. The molecule has 2 heterocycles. The zero-order chi connectivity index (χ0) is 24.3. The van der Waals surface area contributed by atoms with Gasteiger partial charge in [-0.15, -0.1) is 0 Å². The van der Waals surface area contributed by atoms with Crippen molar-refractivity contribution in [2.24, 2.45) is 0 Å². The maximum Gasteiger partial charge on any atom is 0.129 e. The summed E-state index contributed by atoms with van der Waals surface area (Å²) in [6, 6.07) is 7.42. The van der Waals surface area contributed by atoms with E-state index in [-0.39, 0.29) is 5.92 Å². The Morgan fingerprint density at radius 3 is 2.06 bits per heavy atom. The minimum absolute atomic E-state index is 0.0263. The van der Waals surface area contributed by atoms with Crippen LogP contribution < -0.4 is 0 Å². The Bertz CT molecular complexity index is 793. The topological polar surface area (TPSA) is 52.1 Å². The van der Waals surface area contributed by atoms with Gasteiger partial charge in [0, 0.05) is 18.3 Å². The SMILES string of the molecule is CCCCCC/C(=C/OC)c1ccc(Cl)nc1.CCCCCCC(C=O)c1ccc(Cl)nc1. The molecule has 0 saturated heterocycles. The second-order valence-corrected chi connectivity index (χ2v) is 8.84. The third-order valence-corrected chi connectivity index (χ3v) is 5.82. The molecular formula is C27H38Cl2N2O2. The summed E-state index contributed by atoms with van der Waals surface area (Å²) in [5, 5.41) is 0.996. The molecule has 0 radical (unpaired) electrons. The van der Waals surface area contributed by atoms with Crippen LogP contribution in [-0.4, -0.2) is 23.4 Å². The molecule has 0 aromatic carbocycles. The van der Waals surface area contributed by atoms with Gasteiger partial charge in [-0.2, -0.15) is 0 Å². The van der Waals surface area contributed by atoms with Crippen molar-refractivity contribution >= 4 is 35.1 Å². The van der Waals surface area contributed by atoms with Crippen LogP contribution >= 0.6 is 23.2 Å². The third-order valence-electron chi connectivity index (χ3n) is 5.37. The van der Waals surface area contributed by atoms with Crippen molar-refractivity contribution in [3.8, 4) is 0 Å². The molecule has 0 spiro atoms. The predicted molar refractivity (Wildman–Crippen MR) is 140 cm³/mol. The molecule has 1 atom stereocenters. The van der Waals surface area contributed by atoms with Crippen LogP contribution in [0.4, 0.5) is 0 Å². The largest absolute Gasteiger partial charge is 0.504 e. The molecule has 1 unspecified atom stereocenters. The number of aromatic nitrogens is 2. The van der Waals surface area contributed by atoms with Gasteiger partial charge in [-0.25, -0.2) is 9.97 Å². The number of carbonyl (C=O) groups excluding carboxylic acids is 1. The van der Waals surface area contributed by atoms with Crippen LogP contribution in [0.5, 0.6) is 0 Å². The number of aldehydes is 1. The van der Waals surface area contributed by atoms with Crippen molar-refractivity contribution in [2.75, 3.05) is 7.11 Å². The van der Waals surface area contributed by atoms with Crippen LogP contribution in [-0.2, 0) is 9.53 Å². The molecule has 0 aliphatic rings. The molecular weight excluding hydrogens is 455 g/mol. The zero-order valence-corrected chi connectivity index (χ0v) is 21.7. The van der Waals surface area contributed by atoms with Crippen molar-refractivity contribution < 1.29 is 9.53 Å². The Labute approximate surface area is 209 Å². The van der Waals surface area contributed by atoms with Crippen molar-refractivity contribution in [1.82, 2.24) is 9.97 Å². The number of pyridine rings is 2. The van der Waals surface area contributed by atoms with Gasteiger partial charge < -0.3 is 9.53 Å². The van der Waals surface area contributed by atoms with Gasteiger partial charge in [-0.3, -0.25) is 0 Å². The van der Waals surface area contributed by atoms with Crippen molar-refractivity contribution in [3.05, 3.63) is 64.4 Å². The van der Waals surface area contributed by atoms with Gasteiger partial charge in [0.25, 0.3) is 0 Å². The quantitative estimate of drug-likeness (QED) is 0.114. The van der Waals surface area contributed by atoms with Crippen molar-refractivity contribution in [1.29, 1.82) is 0 Å². The minimum atomic E-state index is -0.0263. The van der Waals surface area contributed by atoms with Gasteiger partial charge in [-0.05, 0) is 54.2 Å². The lowest BCUT2D eigenvalue weighted by Crippen LogP contribution is -2.01. The number of methoxy groups -OCH3 is 1. The third kappa shape index (κ3) is 12.8. The number of halogens is 2. The molecule has 0 amide bonds. The first-order valence-electron chi connectivity index (χ1n) is 12.0. The van der Waals surface area contributed by atoms with Gasteiger partial charge in [0.2, 0.25) is 0 Å². The molecule has 0 aliphatic carbocycles. The van der Waals surface area contributed by atoms with Gasteiger partial charge in [0.15, 0.2) is 0 Å². The standard InChI is InChI=1S/C14H20ClNO.C13H18ClNO/c1-3-4-5-6-7-13(11-17-2)12-8-9-14(15)16-10-12;1-2-3-4-5-6-12(10-16)11-7-8-13(14)15-9-11/h8-11H,3-7H2,1-2H3;7-10,12H,2-6H2,1H3/b13-11-;. The number of allylic oxidation sites excluding steroid dienone is 1. The van der Waals surface area contributed by atoms with Gasteiger partial charge in [0.05, 0.1) is 13.4 Å². The lowest BCUT2D eigenvalue weighted by atomic mass is 9.96. The van der Waals surface area contributed by atoms with E-state index in [9.17, 15) is 4.79 Å². The van der Waals surface area contributed by atoms with Crippen molar-refractivity contribution in [3.63, 3.8) is 0 Å². The van der Waals surface area contributed by atoms with Gasteiger partial charge >= 0.3 is 0 Å². The summed E-state index contributed by atoms with van der Waals surface area (Å²) in [4.78, 5) is 19.1. The summed E-state index contributed by atoms with van der Waals surface area (Å²) in [5.74, 6) is -0.0263. The second kappa shape index (κ2) is 18.5. The lowest BCUT2D eigenvalue weighted by molar-refractivity contribution is -0.109. The predicted octanol–water partition coefficient (Wildman–Crippen LogP) is 8.68. The number of nitrogens with zero attached hydrogens (tertiary/aromatic N) is 2. The number of hydrogen-bond donors (Lipinski definition) is 0. The maximum absolute atomic E-state index is 11.0. The summed E-state index contributed by atoms with van der Waals surface area (Å²) in [7, 11) is 1.68. The fraction of sp³-hybridized carbons (Fsp3) is 0.519. The van der Waals surface area contributed by atoms with Crippen molar-refractivity contribution in [2.45, 2.75) is 84.0 Å². The Hall–Kier alpha value is -1.91.